The first kappa shape index (κ1) is 27.6. The molecular weight excluding hydrogens is 536 g/mol. The second-order valence-corrected chi connectivity index (χ2v) is 12.1. The van der Waals surface area contributed by atoms with E-state index in [1.807, 2.05) is 30.3 Å². The van der Waals surface area contributed by atoms with E-state index in [1.54, 1.807) is 13.1 Å². The lowest BCUT2D eigenvalue weighted by molar-refractivity contribution is -0.112. The predicted octanol–water partition coefficient (Wildman–Crippen LogP) is 4.18. The van der Waals surface area contributed by atoms with Crippen LogP contribution >= 0.6 is 11.6 Å². The topological polar surface area (TPSA) is 97.9 Å². The summed E-state index contributed by atoms with van der Waals surface area (Å²) in [6.07, 6.45) is 3.75. The van der Waals surface area contributed by atoms with Crippen LogP contribution in [0, 0.1) is 13.8 Å². The van der Waals surface area contributed by atoms with Crippen LogP contribution in [0.2, 0.25) is 5.02 Å². The van der Waals surface area contributed by atoms with Crippen molar-refractivity contribution in [1.29, 1.82) is 0 Å². The number of sulfonamides is 1. The zero-order valence-corrected chi connectivity index (χ0v) is 24.0. The number of halogens is 1. The SMILES string of the molecule is Cc1c(CCCN2CCOCC2)c(C)n(-c2cccc(Cl)c2)c1/C=C1\C(=O)N(C)c2ccc(S(N)(=O)=O)cc21. The number of nitrogens with zero attached hydrogens (tertiary/aromatic N) is 3. The molecule has 2 N–H and O–H groups in total. The number of nitrogens with two attached hydrogens (primary N) is 1. The number of hydrogen-bond acceptors (Lipinski definition) is 5. The van der Waals surface area contributed by atoms with Crippen LogP contribution in [0.1, 0.15) is 34.5 Å². The highest BCUT2D eigenvalue weighted by molar-refractivity contribution is 7.89. The number of anilines is 1. The molecule has 1 saturated heterocycles. The second kappa shape index (κ2) is 10.9. The van der Waals surface area contributed by atoms with E-state index in [1.165, 1.54) is 22.6 Å². The third kappa shape index (κ3) is 5.42. The van der Waals surface area contributed by atoms with E-state index in [4.69, 9.17) is 21.5 Å². The summed E-state index contributed by atoms with van der Waals surface area (Å²) in [5.74, 6) is -0.207. The van der Waals surface area contributed by atoms with Crippen molar-refractivity contribution in [3.63, 3.8) is 0 Å². The molecule has 0 saturated carbocycles. The molecular formula is C29H33ClN4O4S. The largest absolute Gasteiger partial charge is 0.379 e. The van der Waals surface area contributed by atoms with Gasteiger partial charge in [0.1, 0.15) is 0 Å². The summed E-state index contributed by atoms with van der Waals surface area (Å²) < 4.78 is 31.8. The molecule has 1 aromatic heterocycles. The molecule has 0 radical (unpaired) electrons. The van der Waals surface area contributed by atoms with Crippen LogP contribution in [-0.4, -0.2) is 63.7 Å². The van der Waals surface area contributed by atoms with Crippen molar-refractivity contribution in [3.8, 4) is 5.69 Å². The Balaban J connectivity index is 1.61. The van der Waals surface area contributed by atoms with Gasteiger partial charge in [0.05, 0.1) is 29.4 Å². The Morgan fingerprint density at radius 2 is 1.85 bits per heavy atom. The summed E-state index contributed by atoms with van der Waals surface area (Å²) >= 11 is 6.38. The van der Waals surface area contributed by atoms with E-state index in [0.717, 1.165) is 68.3 Å². The van der Waals surface area contributed by atoms with Crippen LogP contribution in [-0.2, 0) is 26.0 Å². The highest BCUT2D eigenvalue weighted by Gasteiger charge is 2.32. The van der Waals surface area contributed by atoms with Crippen molar-refractivity contribution in [2.24, 2.45) is 5.14 Å². The fourth-order valence-electron chi connectivity index (χ4n) is 5.58. The maximum atomic E-state index is 13.4. The fourth-order valence-corrected chi connectivity index (χ4v) is 6.31. The number of amides is 1. The summed E-state index contributed by atoms with van der Waals surface area (Å²) in [5, 5.41) is 6.02. The van der Waals surface area contributed by atoms with E-state index in [2.05, 4.69) is 23.3 Å². The molecule has 1 amide bonds. The molecule has 2 aromatic carbocycles. The lowest BCUT2D eigenvalue weighted by Crippen LogP contribution is -2.36. The minimum atomic E-state index is -3.93. The van der Waals surface area contributed by atoms with Crippen LogP contribution in [0.5, 0.6) is 0 Å². The van der Waals surface area contributed by atoms with E-state index < -0.39 is 10.0 Å². The molecule has 0 aliphatic carbocycles. The molecule has 10 heteroatoms. The number of carbonyl (C=O) groups is 1. The summed E-state index contributed by atoms with van der Waals surface area (Å²) in [6.45, 7) is 8.62. The molecule has 2 aliphatic rings. The highest BCUT2D eigenvalue weighted by atomic mass is 35.5. The second-order valence-electron chi connectivity index (χ2n) is 10.1. The third-order valence-corrected chi connectivity index (χ3v) is 8.83. The highest BCUT2D eigenvalue weighted by Crippen LogP contribution is 2.40. The molecule has 0 bridgehead atoms. The van der Waals surface area contributed by atoms with Crippen molar-refractivity contribution in [2.75, 3.05) is 44.8 Å². The summed E-state index contributed by atoms with van der Waals surface area (Å²) in [6, 6.07) is 12.2. The van der Waals surface area contributed by atoms with Gasteiger partial charge in [-0.15, -0.1) is 0 Å². The normalized spacial score (nSPS) is 17.3. The first-order chi connectivity index (χ1) is 18.6. The molecule has 8 nitrogen and oxygen atoms in total. The average molecular weight is 569 g/mol. The minimum Gasteiger partial charge on any atom is -0.379 e. The first-order valence-corrected chi connectivity index (χ1v) is 14.9. The van der Waals surface area contributed by atoms with Gasteiger partial charge in [0.15, 0.2) is 0 Å². The molecule has 206 valence electrons. The van der Waals surface area contributed by atoms with Crippen molar-refractivity contribution in [3.05, 3.63) is 75.6 Å². The van der Waals surface area contributed by atoms with Crippen LogP contribution in [0.15, 0.2) is 47.4 Å². The Kier molecular flexibility index (Phi) is 7.72. The Labute approximate surface area is 234 Å². The number of rotatable bonds is 7. The monoisotopic (exact) mass is 568 g/mol. The van der Waals surface area contributed by atoms with Gasteiger partial charge in [-0.1, -0.05) is 17.7 Å². The van der Waals surface area contributed by atoms with Gasteiger partial charge in [0, 0.05) is 47.8 Å². The standard InChI is InChI=1S/C29H33ClN4O4S/c1-19-24(8-5-11-33-12-14-38-15-13-33)20(2)34(22-7-4-6-21(30)16-22)28(19)18-26-25-17-23(39(31,36)37)9-10-27(25)32(3)29(26)35/h4,6-7,9-10,16-18H,5,8,11-15H2,1-3H3,(H2,31,36,37)/b26-18-. The molecule has 0 atom stereocenters. The molecule has 3 heterocycles. The van der Waals surface area contributed by atoms with Gasteiger partial charge in [0.25, 0.3) is 5.91 Å². The fraction of sp³-hybridized carbons (Fsp3) is 0.345. The predicted molar refractivity (Wildman–Crippen MR) is 155 cm³/mol. The van der Waals surface area contributed by atoms with Crippen molar-refractivity contribution < 1.29 is 17.9 Å². The number of carbonyl (C=O) groups excluding carboxylic acids is 1. The van der Waals surface area contributed by atoms with Gasteiger partial charge >= 0.3 is 0 Å². The molecule has 1 fully saturated rings. The van der Waals surface area contributed by atoms with Gasteiger partial charge in [-0.3, -0.25) is 9.69 Å². The third-order valence-electron chi connectivity index (χ3n) is 7.69. The number of likely N-dealkylation sites (N-methyl/N-ethyl adjacent to an activating group) is 1. The number of ether oxygens (including phenoxy) is 1. The number of fused-ring (bicyclic) bond motifs is 1. The van der Waals surface area contributed by atoms with Crippen molar-refractivity contribution in [2.45, 2.75) is 31.6 Å². The number of hydrogen-bond donors (Lipinski definition) is 1. The van der Waals surface area contributed by atoms with Gasteiger partial charge in [0.2, 0.25) is 10.0 Å². The van der Waals surface area contributed by atoms with Crippen LogP contribution < -0.4 is 10.0 Å². The number of primary sulfonamides is 1. The van der Waals surface area contributed by atoms with Crippen molar-refractivity contribution >= 4 is 44.9 Å². The lowest BCUT2D eigenvalue weighted by atomic mass is 10.0. The smallest absolute Gasteiger partial charge is 0.258 e. The Bertz CT molecular complexity index is 1570. The minimum absolute atomic E-state index is 0.0304. The van der Waals surface area contributed by atoms with Gasteiger partial charge in [-0.05, 0) is 86.8 Å². The molecule has 2 aliphatic heterocycles. The van der Waals surface area contributed by atoms with Crippen LogP contribution in [0.25, 0.3) is 17.3 Å². The molecule has 39 heavy (non-hydrogen) atoms. The van der Waals surface area contributed by atoms with Crippen LogP contribution in [0.4, 0.5) is 5.69 Å². The van der Waals surface area contributed by atoms with E-state index in [9.17, 15) is 13.2 Å². The summed E-state index contributed by atoms with van der Waals surface area (Å²) in [5.41, 5.74) is 6.75. The zero-order chi connectivity index (χ0) is 27.9. The van der Waals surface area contributed by atoms with Gasteiger partial charge < -0.3 is 14.2 Å². The Morgan fingerprint density at radius 1 is 1.10 bits per heavy atom. The maximum Gasteiger partial charge on any atom is 0.258 e. The Morgan fingerprint density at radius 3 is 2.54 bits per heavy atom. The summed E-state index contributed by atoms with van der Waals surface area (Å²) in [4.78, 5) is 17.3. The summed E-state index contributed by atoms with van der Waals surface area (Å²) in [7, 11) is -2.25. The molecule has 0 spiro atoms. The van der Waals surface area contributed by atoms with E-state index in [0.29, 0.717) is 21.8 Å². The maximum absolute atomic E-state index is 13.4. The number of aromatic nitrogens is 1. The Hall–Kier alpha value is -2.95. The van der Waals surface area contributed by atoms with Gasteiger partial charge in [-0.25, -0.2) is 13.6 Å². The molecule has 0 unspecified atom stereocenters. The first-order valence-electron chi connectivity index (χ1n) is 13.0. The molecule has 5 rings (SSSR count). The van der Waals surface area contributed by atoms with Crippen LogP contribution in [0.3, 0.4) is 0 Å². The van der Waals surface area contributed by atoms with E-state index >= 15 is 0 Å². The number of benzene rings is 2. The zero-order valence-electron chi connectivity index (χ0n) is 22.4. The van der Waals surface area contributed by atoms with Crippen molar-refractivity contribution in [1.82, 2.24) is 9.47 Å². The molecule has 3 aromatic rings. The van der Waals surface area contributed by atoms with Gasteiger partial charge in [-0.2, -0.15) is 0 Å². The quantitative estimate of drug-likeness (QED) is 0.431. The average Bonchev–Trinajstić information content (AvgIpc) is 3.28. The van der Waals surface area contributed by atoms with E-state index in [-0.39, 0.29) is 10.8 Å². The number of morpholine rings is 1. The lowest BCUT2D eigenvalue weighted by Gasteiger charge is -2.26.